The minimum Gasteiger partial charge on any atom is -0.486 e. The fraction of sp³-hybridized carbons (Fsp3) is 0.367. The molecule has 1 N–H and O–H groups in total. The van der Waals surface area contributed by atoms with Gasteiger partial charge in [0.1, 0.15) is 23.9 Å². The largest absolute Gasteiger partial charge is 0.486 e. The second kappa shape index (κ2) is 11.1. The van der Waals surface area contributed by atoms with E-state index in [0.29, 0.717) is 11.9 Å². The monoisotopic (exact) mass is 514 g/mol. The standard InChI is InChI=1S/C30H34N4O2S/c1-33-28-18-24(36-29-8-4-3-7-27(29)34-15-5-2-6-16-34)13-14-26(28)32-30(33)20-35-23-11-9-22(10-12-23)17-25-19-31-21-37-25/h3-4,7-14,18,25,31H,2,5-6,15-17,19-21H2,1H3. The number of aryl methyl sites for hydroxylation is 1. The Morgan fingerprint density at radius 1 is 0.973 bits per heavy atom. The molecule has 0 spiro atoms. The summed E-state index contributed by atoms with van der Waals surface area (Å²) in [5.41, 5.74) is 4.50. The molecule has 0 saturated carbocycles. The van der Waals surface area contributed by atoms with Crippen molar-refractivity contribution >= 4 is 28.5 Å². The smallest absolute Gasteiger partial charge is 0.150 e. The number of fused-ring (bicyclic) bond motifs is 1. The molecule has 3 heterocycles. The minimum absolute atomic E-state index is 0.418. The van der Waals surface area contributed by atoms with Gasteiger partial charge in [0.15, 0.2) is 5.75 Å². The third-order valence-electron chi connectivity index (χ3n) is 7.28. The number of aromatic nitrogens is 2. The Morgan fingerprint density at radius 2 is 1.78 bits per heavy atom. The number of anilines is 1. The summed E-state index contributed by atoms with van der Waals surface area (Å²) in [4.78, 5) is 7.26. The van der Waals surface area contributed by atoms with Crippen LogP contribution in [0.4, 0.5) is 5.69 Å². The molecule has 1 atom stereocenters. The van der Waals surface area contributed by atoms with Gasteiger partial charge in [-0.05, 0) is 67.6 Å². The number of thioether (sulfide) groups is 1. The molecular formula is C30H34N4O2S. The van der Waals surface area contributed by atoms with Gasteiger partial charge in [-0.3, -0.25) is 0 Å². The molecule has 192 valence electrons. The lowest BCUT2D eigenvalue weighted by molar-refractivity contribution is 0.292. The Hall–Kier alpha value is -3.16. The number of benzene rings is 3. The van der Waals surface area contributed by atoms with Crippen LogP contribution in [0.1, 0.15) is 30.7 Å². The van der Waals surface area contributed by atoms with Gasteiger partial charge >= 0.3 is 0 Å². The molecule has 2 saturated heterocycles. The summed E-state index contributed by atoms with van der Waals surface area (Å²) in [6.45, 7) is 3.68. The molecule has 0 aliphatic carbocycles. The molecule has 2 fully saturated rings. The van der Waals surface area contributed by atoms with Crippen LogP contribution < -0.4 is 19.7 Å². The molecule has 1 unspecified atom stereocenters. The summed E-state index contributed by atoms with van der Waals surface area (Å²) >= 11 is 2.00. The van der Waals surface area contributed by atoms with E-state index < -0.39 is 0 Å². The van der Waals surface area contributed by atoms with Crippen LogP contribution in [0.3, 0.4) is 0 Å². The summed E-state index contributed by atoms with van der Waals surface area (Å²) in [5.74, 6) is 4.53. The van der Waals surface area contributed by atoms with Crippen molar-refractivity contribution in [1.82, 2.24) is 14.9 Å². The second-order valence-corrected chi connectivity index (χ2v) is 11.2. The van der Waals surface area contributed by atoms with Gasteiger partial charge in [-0.25, -0.2) is 4.98 Å². The highest BCUT2D eigenvalue weighted by Gasteiger charge is 2.17. The highest BCUT2D eigenvalue weighted by Crippen LogP contribution is 2.35. The molecule has 0 bridgehead atoms. The van der Waals surface area contributed by atoms with Crippen LogP contribution in [0.15, 0.2) is 66.7 Å². The zero-order valence-electron chi connectivity index (χ0n) is 21.4. The molecule has 2 aliphatic rings. The molecule has 37 heavy (non-hydrogen) atoms. The normalized spacial score (nSPS) is 17.9. The summed E-state index contributed by atoms with van der Waals surface area (Å²) < 4.78 is 14.6. The molecular weight excluding hydrogens is 480 g/mol. The van der Waals surface area contributed by atoms with E-state index in [1.165, 1.54) is 30.5 Å². The lowest BCUT2D eigenvalue weighted by atomic mass is 10.1. The van der Waals surface area contributed by atoms with Crippen molar-refractivity contribution in [3.05, 3.63) is 78.1 Å². The predicted octanol–water partition coefficient (Wildman–Crippen LogP) is 6.14. The molecule has 6 rings (SSSR count). The predicted molar refractivity (Wildman–Crippen MR) is 152 cm³/mol. The van der Waals surface area contributed by atoms with Gasteiger partial charge in [-0.2, -0.15) is 0 Å². The molecule has 7 heteroatoms. The van der Waals surface area contributed by atoms with Gasteiger partial charge < -0.3 is 24.3 Å². The first kappa shape index (κ1) is 24.2. The molecule has 4 aromatic rings. The van der Waals surface area contributed by atoms with Gasteiger partial charge in [-0.15, -0.1) is 11.8 Å². The number of nitrogens with one attached hydrogen (secondary N) is 1. The lowest BCUT2D eigenvalue weighted by Gasteiger charge is -2.30. The van der Waals surface area contributed by atoms with E-state index in [-0.39, 0.29) is 0 Å². The van der Waals surface area contributed by atoms with Crippen LogP contribution >= 0.6 is 11.8 Å². The number of para-hydroxylation sites is 2. The molecule has 0 amide bonds. The number of rotatable bonds is 8. The maximum atomic E-state index is 6.40. The van der Waals surface area contributed by atoms with E-state index in [2.05, 4.69) is 63.3 Å². The number of nitrogens with zero attached hydrogens (tertiary/aromatic N) is 3. The first-order valence-electron chi connectivity index (χ1n) is 13.2. The number of piperidine rings is 1. The van der Waals surface area contributed by atoms with Gasteiger partial charge in [0.2, 0.25) is 0 Å². The number of hydrogen-bond acceptors (Lipinski definition) is 6. The van der Waals surface area contributed by atoms with E-state index in [1.807, 2.05) is 37.0 Å². The number of imidazole rings is 1. The van der Waals surface area contributed by atoms with Crippen molar-refractivity contribution in [3.63, 3.8) is 0 Å². The number of ether oxygens (including phenoxy) is 2. The van der Waals surface area contributed by atoms with E-state index in [9.17, 15) is 0 Å². The van der Waals surface area contributed by atoms with Gasteiger partial charge in [-0.1, -0.05) is 24.3 Å². The zero-order valence-corrected chi connectivity index (χ0v) is 22.2. The van der Waals surface area contributed by atoms with E-state index >= 15 is 0 Å². The first-order chi connectivity index (χ1) is 18.2. The quantitative estimate of drug-likeness (QED) is 0.305. The molecule has 2 aliphatic heterocycles. The first-order valence-corrected chi connectivity index (χ1v) is 14.3. The molecule has 6 nitrogen and oxygen atoms in total. The topological polar surface area (TPSA) is 51.6 Å². The van der Waals surface area contributed by atoms with Crippen LogP contribution in [0.2, 0.25) is 0 Å². The van der Waals surface area contributed by atoms with Crippen molar-refractivity contribution in [3.8, 4) is 17.2 Å². The maximum absolute atomic E-state index is 6.40. The van der Waals surface area contributed by atoms with Crippen molar-refractivity contribution in [2.45, 2.75) is 37.5 Å². The average molecular weight is 515 g/mol. The molecule has 1 aromatic heterocycles. The molecule has 3 aromatic carbocycles. The zero-order chi connectivity index (χ0) is 25.0. The van der Waals surface area contributed by atoms with Crippen LogP contribution in [-0.4, -0.2) is 40.3 Å². The molecule has 0 radical (unpaired) electrons. The lowest BCUT2D eigenvalue weighted by Crippen LogP contribution is -2.29. The van der Waals surface area contributed by atoms with E-state index in [0.717, 1.165) is 66.0 Å². The van der Waals surface area contributed by atoms with Crippen LogP contribution in [0.25, 0.3) is 11.0 Å². The third-order valence-corrected chi connectivity index (χ3v) is 8.46. The highest BCUT2D eigenvalue weighted by molar-refractivity contribution is 8.00. The Bertz CT molecular complexity index is 1340. The van der Waals surface area contributed by atoms with Gasteiger partial charge in [0, 0.05) is 43.9 Å². The van der Waals surface area contributed by atoms with Gasteiger partial charge in [0.05, 0.1) is 16.7 Å². The van der Waals surface area contributed by atoms with Crippen molar-refractivity contribution < 1.29 is 9.47 Å². The van der Waals surface area contributed by atoms with Crippen molar-refractivity contribution in [2.24, 2.45) is 7.05 Å². The third kappa shape index (κ3) is 5.58. The van der Waals surface area contributed by atoms with E-state index in [1.54, 1.807) is 0 Å². The number of hydrogen-bond donors (Lipinski definition) is 1. The SMILES string of the molecule is Cn1c(COc2ccc(CC3CNCS3)cc2)nc2ccc(Oc3ccccc3N3CCCCC3)cc21. The Morgan fingerprint density at radius 3 is 2.59 bits per heavy atom. The van der Waals surface area contributed by atoms with Gasteiger partial charge in [0.25, 0.3) is 0 Å². The average Bonchev–Trinajstić information content (AvgIpc) is 3.57. The minimum atomic E-state index is 0.418. The van der Waals surface area contributed by atoms with Crippen LogP contribution in [0.5, 0.6) is 17.2 Å². The Balaban J connectivity index is 1.13. The summed E-state index contributed by atoms with van der Waals surface area (Å²) in [7, 11) is 2.04. The maximum Gasteiger partial charge on any atom is 0.150 e. The van der Waals surface area contributed by atoms with Crippen LogP contribution in [-0.2, 0) is 20.1 Å². The van der Waals surface area contributed by atoms with Crippen LogP contribution in [0, 0.1) is 0 Å². The fourth-order valence-corrected chi connectivity index (χ4v) is 6.22. The Labute approximate surface area is 223 Å². The second-order valence-electron chi connectivity index (χ2n) is 9.88. The summed E-state index contributed by atoms with van der Waals surface area (Å²) in [6, 6.07) is 22.9. The van der Waals surface area contributed by atoms with Crippen molar-refractivity contribution in [1.29, 1.82) is 0 Å². The Kier molecular flexibility index (Phi) is 7.24. The summed E-state index contributed by atoms with van der Waals surface area (Å²) in [6.07, 6.45) is 4.88. The van der Waals surface area contributed by atoms with E-state index in [4.69, 9.17) is 14.5 Å². The van der Waals surface area contributed by atoms with Crippen molar-refractivity contribution in [2.75, 3.05) is 30.4 Å². The fourth-order valence-electron chi connectivity index (χ4n) is 5.20. The summed E-state index contributed by atoms with van der Waals surface area (Å²) in [5, 5.41) is 4.07. The highest BCUT2D eigenvalue weighted by atomic mass is 32.2.